The number of piperidine rings is 1. The zero-order chi connectivity index (χ0) is 22.0. The average Bonchev–Trinajstić information content (AvgIpc) is 2.79. The molecule has 168 valence electrons. The van der Waals surface area contributed by atoms with Crippen molar-refractivity contribution < 1.29 is 19.3 Å². The van der Waals surface area contributed by atoms with Crippen LogP contribution < -0.4 is 14.2 Å². The van der Waals surface area contributed by atoms with Crippen molar-refractivity contribution in [3.8, 4) is 17.2 Å². The summed E-state index contributed by atoms with van der Waals surface area (Å²) in [6, 6.07) is 13.0. The monoisotopic (exact) mass is 425 g/mol. The highest BCUT2D eigenvalue weighted by atomic mass is 16.5. The Bertz CT molecular complexity index is 872. The van der Waals surface area contributed by atoms with Crippen LogP contribution in [0.4, 0.5) is 0 Å². The van der Waals surface area contributed by atoms with E-state index in [-0.39, 0.29) is 12.0 Å². The SMILES string of the molecule is COc1cc(C2C3CCCCC3(O)CCN2Cc2ccc(C)cc2)cc(OC)c1OC. The molecule has 1 aliphatic heterocycles. The van der Waals surface area contributed by atoms with Crippen molar-refractivity contribution in [3.05, 3.63) is 53.1 Å². The van der Waals surface area contributed by atoms with Gasteiger partial charge in [0.15, 0.2) is 11.5 Å². The van der Waals surface area contributed by atoms with E-state index >= 15 is 0 Å². The highest BCUT2D eigenvalue weighted by Gasteiger charge is 2.49. The van der Waals surface area contributed by atoms with Gasteiger partial charge in [-0.25, -0.2) is 0 Å². The molecule has 0 bridgehead atoms. The largest absolute Gasteiger partial charge is 0.493 e. The van der Waals surface area contributed by atoms with Crippen LogP contribution in [0.15, 0.2) is 36.4 Å². The smallest absolute Gasteiger partial charge is 0.203 e. The van der Waals surface area contributed by atoms with Crippen LogP contribution in [0.1, 0.15) is 54.8 Å². The molecule has 0 aromatic heterocycles. The fourth-order valence-corrected chi connectivity index (χ4v) is 5.56. The van der Waals surface area contributed by atoms with E-state index in [4.69, 9.17) is 14.2 Å². The molecular weight excluding hydrogens is 390 g/mol. The zero-order valence-corrected chi connectivity index (χ0v) is 19.2. The Morgan fingerprint density at radius 2 is 1.65 bits per heavy atom. The molecule has 1 saturated heterocycles. The summed E-state index contributed by atoms with van der Waals surface area (Å²) >= 11 is 0. The number of aryl methyl sites for hydroxylation is 1. The lowest BCUT2D eigenvalue weighted by molar-refractivity contribution is -0.126. The molecule has 1 saturated carbocycles. The van der Waals surface area contributed by atoms with Gasteiger partial charge in [-0.1, -0.05) is 42.7 Å². The molecule has 5 heteroatoms. The third kappa shape index (κ3) is 4.26. The summed E-state index contributed by atoms with van der Waals surface area (Å²) in [6.45, 7) is 3.84. The molecule has 31 heavy (non-hydrogen) atoms. The first-order valence-electron chi connectivity index (χ1n) is 11.3. The van der Waals surface area contributed by atoms with E-state index in [1.54, 1.807) is 21.3 Å². The van der Waals surface area contributed by atoms with E-state index in [1.807, 2.05) is 0 Å². The van der Waals surface area contributed by atoms with Gasteiger partial charge in [-0.05, 0) is 49.4 Å². The predicted octanol–water partition coefficient (Wildman–Crippen LogP) is 4.89. The minimum atomic E-state index is -0.604. The molecule has 1 aliphatic carbocycles. The van der Waals surface area contributed by atoms with E-state index in [0.29, 0.717) is 17.2 Å². The molecule has 1 heterocycles. The fourth-order valence-electron chi connectivity index (χ4n) is 5.56. The van der Waals surface area contributed by atoms with Crippen LogP contribution in [0.3, 0.4) is 0 Å². The molecular formula is C26H35NO4. The Kier molecular flexibility index (Phi) is 6.44. The predicted molar refractivity (Wildman–Crippen MR) is 122 cm³/mol. The first-order valence-corrected chi connectivity index (χ1v) is 11.3. The molecule has 0 radical (unpaired) electrons. The van der Waals surface area contributed by atoms with E-state index in [0.717, 1.165) is 50.8 Å². The van der Waals surface area contributed by atoms with Gasteiger partial charge >= 0.3 is 0 Å². The molecule has 5 nitrogen and oxygen atoms in total. The molecule has 4 rings (SSSR count). The number of nitrogens with zero attached hydrogens (tertiary/aromatic N) is 1. The second-order valence-electron chi connectivity index (χ2n) is 9.07. The number of likely N-dealkylation sites (tertiary alicyclic amines) is 1. The van der Waals surface area contributed by atoms with Gasteiger partial charge in [0.1, 0.15) is 0 Å². The van der Waals surface area contributed by atoms with Gasteiger partial charge in [-0.2, -0.15) is 0 Å². The summed E-state index contributed by atoms with van der Waals surface area (Å²) in [5.41, 5.74) is 3.08. The number of ether oxygens (including phenoxy) is 3. The number of methoxy groups -OCH3 is 3. The van der Waals surface area contributed by atoms with Gasteiger partial charge in [-0.15, -0.1) is 0 Å². The quantitative estimate of drug-likeness (QED) is 0.714. The highest BCUT2D eigenvalue weighted by Crippen LogP contribution is 2.51. The number of aliphatic hydroxyl groups is 1. The van der Waals surface area contributed by atoms with E-state index in [1.165, 1.54) is 11.1 Å². The lowest BCUT2D eigenvalue weighted by atomic mass is 9.66. The van der Waals surface area contributed by atoms with Crippen LogP contribution in [-0.2, 0) is 6.54 Å². The van der Waals surface area contributed by atoms with Gasteiger partial charge < -0.3 is 19.3 Å². The third-order valence-electron chi connectivity index (χ3n) is 7.21. The van der Waals surface area contributed by atoms with Gasteiger partial charge in [-0.3, -0.25) is 4.90 Å². The van der Waals surface area contributed by atoms with Crippen LogP contribution in [0.25, 0.3) is 0 Å². The summed E-state index contributed by atoms with van der Waals surface area (Å²) in [6.07, 6.45) is 5.00. The lowest BCUT2D eigenvalue weighted by Gasteiger charge is -2.53. The number of rotatable bonds is 6. The summed E-state index contributed by atoms with van der Waals surface area (Å²) in [5, 5.41) is 11.6. The van der Waals surface area contributed by atoms with Crippen LogP contribution in [0.5, 0.6) is 17.2 Å². The number of hydrogen-bond donors (Lipinski definition) is 1. The third-order valence-corrected chi connectivity index (χ3v) is 7.21. The molecule has 2 aromatic carbocycles. The Balaban J connectivity index is 1.77. The van der Waals surface area contributed by atoms with Gasteiger partial charge in [0.05, 0.1) is 26.9 Å². The van der Waals surface area contributed by atoms with Crippen molar-refractivity contribution >= 4 is 0 Å². The lowest BCUT2D eigenvalue weighted by Crippen LogP contribution is -2.54. The van der Waals surface area contributed by atoms with E-state index in [9.17, 15) is 5.11 Å². The average molecular weight is 426 g/mol. The summed E-state index contributed by atoms with van der Waals surface area (Å²) < 4.78 is 16.9. The minimum Gasteiger partial charge on any atom is -0.493 e. The fraction of sp³-hybridized carbons (Fsp3) is 0.538. The first-order chi connectivity index (χ1) is 15.0. The summed E-state index contributed by atoms with van der Waals surface area (Å²) in [4.78, 5) is 2.52. The van der Waals surface area contributed by atoms with E-state index in [2.05, 4.69) is 48.2 Å². The maximum Gasteiger partial charge on any atom is 0.203 e. The van der Waals surface area contributed by atoms with Gasteiger partial charge in [0.2, 0.25) is 5.75 Å². The van der Waals surface area contributed by atoms with Crippen molar-refractivity contribution in [3.63, 3.8) is 0 Å². The summed E-state index contributed by atoms with van der Waals surface area (Å²) in [7, 11) is 4.94. The molecule has 2 aliphatic rings. The van der Waals surface area contributed by atoms with Crippen LogP contribution in [0.2, 0.25) is 0 Å². The maximum absolute atomic E-state index is 11.6. The van der Waals surface area contributed by atoms with Crippen molar-refractivity contribution in [1.82, 2.24) is 4.90 Å². The Morgan fingerprint density at radius 3 is 2.26 bits per heavy atom. The standard InChI is InChI=1S/C26H35NO4/c1-18-8-10-19(11-9-18)17-27-14-13-26(28)12-6-5-7-21(26)24(27)20-15-22(29-2)25(31-4)23(16-20)30-3/h8-11,15-16,21,24,28H,5-7,12-14,17H2,1-4H3. The van der Waals surface area contributed by atoms with Gasteiger partial charge in [0, 0.05) is 25.0 Å². The van der Waals surface area contributed by atoms with Crippen molar-refractivity contribution in [2.75, 3.05) is 27.9 Å². The molecule has 0 amide bonds. The minimum absolute atomic E-state index is 0.0917. The Hall–Kier alpha value is -2.24. The Morgan fingerprint density at radius 1 is 0.968 bits per heavy atom. The topological polar surface area (TPSA) is 51.2 Å². The molecule has 2 fully saturated rings. The molecule has 3 unspecified atom stereocenters. The zero-order valence-electron chi connectivity index (χ0n) is 19.2. The van der Waals surface area contributed by atoms with Crippen molar-refractivity contribution in [2.45, 2.75) is 57.2 Å². The molecule has 1 N–H and O–H groups in total. The molecule has 0 spiro atoms. The van der Waals surface area contributed by atoms with Gasteiger partial charge in [0.25, 0.3) is 0 Å². The summed E-state index contributed by atoms with van der Waals surface area (Å²) in [5.74, 6) is 2.12. The van der Waals surface area contributed by atoms with Crippen molar-refractivity contribution in [2.24, 2.45) is 5.92 Å². The number of hydrogen-bond acceptors (Lipinski definition) is 5. The van der Waals surface area contributed by atoms with Crippen LogP contribution in [-0.4, -0.2) is 43.5 Å². The Labute approximate surface area is 185 Å². The van der Waals surface area contributed by atoms with E-state index < -0.39 is 5.60 Å². The maximum atomic E-state index is 11.6. The van der Waals surface area contributed by atoms with Crippen LogP contribution >= 0.6 is 0 Å². The van der Waals surface area contributed by atoms with Crippen molar-refractivity contribution in [1.29, 1.82) is 0 Å². The van der Waals surface area contributed by atoms with Crippen LogP contribution in [0, 0.1) is 12.8 Å². The first kappa shape index (κ1) is 22.0. The highest BCUT2D eigenvalue weighted by molar-refractivity contribution is 5.54. The second kappa shape index (κ2) is 9.09. The number of benzene rings is 2. The molecule has 3 atom stereocenters. The number of fused-ring (bicyclic) bond motifs is 1. The normalized spacial score (nSPS) is 26.2. The second-order valence-corrected chi connectivity index (χ2v) is 9.07. The molecule has 2 aromatic rings.